The molecule has 126 valence electrons. The van der Waals surface area contributed by atoms with E-state index >= 15 is 0 Å². The smallest absolute Gasteiger partial charge is 0.264 e. The van der Waals surface area contributed by atoms with Crippen molar-refractivity contribution in [1.82, 2.24) is 14.7 Å². The summed E-state index contributed by atoms with van der Waals surface area (Å²) in [5.74, 6) is -0.127. The summed E-state index contributed by atoms with van der Waals surface area (Å²) in [5.41, 5.74) is 3.82. The molecule has 0 bridgehead atoms. The number of fused-ring (bicyclic) bond motifs is 1. The van der Waals surface area contributed by atoms with Gasteiger partial charge in [0, 0.05) is 11.1 Å². The van der Waals surface area contributed by atoms with E-state index in [1.807, 2.05) is 54.8 Å². The first-order chi connectivity index (χ1) is 12.0. The summed E-state index contributed by atoms with van der Waals surface area (Å²) in [6, 6.07) is 7.89. The monoisotopic (exact) mass is 368 g/mol. The van der Waals surface area contributed by atoms with E-state index in [2.05, 4.69) is 22.2 Å². The Morgan fingerprint density at radius 1 is 1.28 bits per heavy atom. The molecule has 25 heavy (non-hydrogen) atoms. The molecule has 0 unspecified atom stereocenters. The number of rotatable bonds is 2. The van der Waals surface area contributed by atoms with E-state index in [1.54, 1.807) is 11.3 Å². The number of thioether (sulfide) groups is 1. The molecule has 3 aromatic rings. The molecule has 4 rings (SSSR count). The number of aromatic nitrogens is 2. The quantitative estimate of drug-likeness (QED) is 0.689. The van der Waals surface area contributed by atoms with Crippen LogP contribution in [0.2, 0.25) is 0 Å². The van der Waals surface area contributed by atoms with Gasteiger partial charge in [-0.05, 0) is 56.3 Å². The van der Waals surface area contributed by atoms with E-state index in [0.29, 0.717) is 10.1 Å². The van der Waals surface area contributed by atoms with Crippen molar-refractivity contribution in [2.75, 3.05) is 0 Å². The summed E-state index contributed by atoms with van der Waals surface area (Å²) in [6.07, 6.45) is 3.94. The molecular weight excluding hydrogens is 352 g/mol. The number of aliphatic imine (C=N–C) groups is 1. The van der Waals surface area contributed by atoms with E-state index in [0.717, 1.165) is 27.6 Å². The number of hydrogen-bond donors (Lipinski definition) is 1. The number of nitrogens with one attached hydrogen (secondary N) is 1. The average Bonchev–Trinajstić information content (AvgIpc) is 3.15. The predicted molar refractivity (Wildman–Crippen MR) is 105 cm³/mol. The van der Waals surface area contributed by atoms with Crippen LogP contribution in [-0.4, -0.2) is 20.5 Å². The molecule has 1 amide bonds. The van der Waals surface area contributed by atoms with Gasteiger partial charge in [0.1, 0.15) is 0 Å². The molecule has 1 aliphatic rings. The highest BCUT2D eigenvalue weighted by molar-refractivity contribution is 8.18. The summed E-state index contributed by atoms with van der Waals surface area (Å²) >= 11 is 3.00. The number of aryl methyl sites for hydroxylation is 3. The fraction of sp³-hybridized carbons (Fsp3) is 0.167. The summed E-state index contributed by atoms with van der Waals surface area (Å²) in [7, 11) is 0. The normalized spacial score (nSPS) is 17.8. The molecule has 7 heteroatoms. The lowest BCUT2D eigenvalue weighted by atomic mass is 10.2. The van der Waals surface area contributed by atoms with Gasteiger partial charge in [-0.1, -0.05) is 12.1 Å². The van der Waals surface area contributed by atoms with Crippen molar-refractivity contribution in [3.8, 4) is 0 Å². The maximum Gasteiger partial charge on any atom is 0.264 e. The Labute approximate surface area is 153 Å². The van der Waals surface area contributed by atoms with Gasteiger partial charge in [-0.25, -0.2) is 9.98 Å². The van der Waals surface area contributed by atoms with Crippen LogP contribution >= 0.6 is 23.1 Å². The summed E-state index contributed by atoms with van der Waals surface area (Å²) in [5, 5.41) is 3.43. The molecule has 2 aromatic heterocycles. The van der Waals surface area contributed by atoms with E-state index in [4.69, 9.17) is 0 Å². The minimum absolute atomic E-state index is 0.127. The minimum Gasteiger partial charge on any atom is -0.300 e. The van der Waals surface area contributed by atoms with Crippen molar-refractivity contribution in [2.45, 2.75) is 20.8 Å². The van der Waals surface area contributed by atoms with Gasteiger partial charge in [0.2, 0.25) is 0 Å². The highest BCUT2D eigenvalue weighted by Gasteiger charge is 2.25. The average molecular weight is 368 g/mol. The summed E-state index contributed by atoms with van der Waals surface area (Å²) in [4.78, 5) is 24.2. The molecule has 3 heterocycles. The Morgan fingerprint density at radius 3 is 2.92 bits per heavy atom. The van der Waals surface area contributed by atoms with E-state index in [9.17, 15) is 4.79 Å². The van der Waals surface area contributed by atoms with Gasteiger partial charge in [-0.2, -0.15) is 0 Å². The molecule has 0 atom stereocenters. The van der Waals surface area contributed by atoms with Gasteiger partial charge in [-0.3, -0.25) is 9.20 Å². The van der Waals surface area contributed by atoms with Crippen molar-refractivity contribution < 1.29 is 4.79 Å². The van der Waals surface area contributed by atoms with E-state index in [-0.39, 0.29) is 5.91 Å². The highest BCUT2D eigenvalue weighted by atomic mass is 32.2. The number of hydrogen-bond acceptors (Lipinski definition) is 5. The van der Waals surface area contributed by atoms with Crippen molar-refractivity contribution in [1.29, 1.82) is 0 Å². The topological polar surface area (TPSA) is 58.8 Å². The fourth-order valence-corrected chi connectivity index (χ4v) is 4.37. The lowest BCUT2D eigenvalue weighted by Gasteiger charge is -1.97. The first kappa shape index (κ1) is 16.1. The van der Waals surface area contributed by atoms with Crippen molar-refractivity contribution in [2.24, 2.45) is 4.99 Å². The number of carbonyl (C=O) groups is 1. The Bertz CT molecular complexity index is 1060. The second-order valence-electron chi connectivity index (χ2n) is 5.90. The zero-order valence-electron chi connectivity index (χ0n) is 14.0. The van der Waals surface area contributed by atoms with Crippen LogP contribution in [0.4, 0.5) is 5.69 Å². The van der Waals surface area contributed by atoms with Crippen LogP contribution in [0.5, 0.6) is 0 Å². The van der Waals surface area contributed by atoms with Crippen molar-refractivity contribution in [3.05, 3.63) is 57.2 Å². The van der Waals surface area contributed by atoms with Crippen LogP contribution < -0.4 is 5.32 Å². The third-order valence-corrected chi connectivity index (χ3v) is 5.62. The summed E-state index contributed by atoms with van der Waals surface area (Å²) in [6.45, 7) is 6.03. The third-order valence-electron chi connectivity index (χ3n) is 3.81. The number of nitrogens with zero attached hydrogens (tertiary/aromatic N) is 3. The first-order valence-corrected chi connectivity index (χ1v) is 9.44. The number of amides is 1. The molecule has 0 saturated carbocycles. The van der Waals surface area contributed by atoms with Crippen LogP contribution in [0.25, 0.3) is 11.0 Å². The molecule has 1 saturated heterocycles. The molecular formula is C18H16N4OS2. The lowest BCUT2D eigenvalue weighted by Crippen LogP contribution is -2.19. The Morgan fingerprint density at radius 2 is 2.12 bits per heavy atom. The largest absolute Gasteiger partial charge is 0.300 e. The van der Waals surface area contributed by atoms with Crippen LogP contribution in [0.15, 0.2) is 40.4 Å². The molecule has 5 nitrogen and oxygen atoms in total. The van der Waals surface area contributed by atoms with Crippen LogP contribution in [0.1, 0.15) is 21.8 Å². The maximum atomic E-state index is 12.3. The zero-order valence-corrected chi connectivity index (χ0v) is 15.7. The van der Waals surface area contributed by atoms with E-state index in [1.165, 1.54) is 16.6 Å². The number of imidazole rings is 1. The SMILES string of the molecule is Cc1cccc(N=C2NC(=O)/C(=C/c3c(C)nc4sc(C)cn34)S2)c1. The first-order valence-electron chi connectivity index (χ1n) is 7.81. The van der Waals surface area contributed by atoms with Gasteiger partial charge >= 0.3 is 0 Å². The maximum absolute atomic E-state index is 12.3. The van der Waals surface area contributed by atoms with Crippen LogP contribution in [-0.2, 0) is 4.79 Å². The predicted octanol–water partition coefficient (Wildman–Crippen LogP) is 4.21. The third kappa shape index (κ3) is 3.12. The zero-order chi connectivity index (χ0) is 17.6. The van der Waals surface area contributed by atoms with E-state index < -0.39 is 0 Å². The molecule has 1 aliphatic heterocycles. The molecule has 0 radical (unpaired) electrons. The Hall–Kier alpha value is -2.38. The van der Waals surface area contributed by atoms with Gasteiger partial charge < -0.3 is 5.32 Å². The number of benzene rings is 1. The second-order valence-corrected chi connectivity index (χ2v) is 8.14. The number of thiazole rings is 1. The molecule has 0 aliphatic carbocycles. The van der Waals surface area contributed by atoms with Crippen molar-refractivity contribution >= 4 is 50.9 Å². The van der Waals surface area contributed by atoms with Crippen LogP contribution in [0.3, 0.4) is 0 Å². The second kappa shape index (κ2) is 6.16. The fourth-order valence-electron chi connectivity index (χ4n) is 2.67. The van der Waals surface area contributed by atoms with Gasteiger partial charge in [0.05, 0.1) is 22.0 Å². The van der Waals surface area contributed by atoms with Crippen LogP contribution in [0, 0.1) is 20.8 Å². The van der Waals surface area contributed by atoms with Gasteiger partial charge in [-0.15, -0.1) is 11.3 Å². The minimum atomic E-state index is -0.127. The standard InChI is InChI=1S/C18H16N4OS2/c1-10-5-4-6-13(7-10)20-17-21-16(23)15(25-17)8-14-12(3)19-18-22(14)9-11(2)24-18/h4-9H,1-3H3,(H,20,21,23)/b15-8-. The van der Waals surface area contributed by atoms with Gasteiger partial charge in [0.15, 0.2) is 10.1 Å². The molecule has 1 fully saturated rings. The molecule has 1 aromatic carbocycles. The Kier molecular flexibility index (Phi) is 3.97. The Balaban J connectivity index is 1.68. The van der Waals surface area contributed by atoms with Crippen molar-refractivity contribution in [3.63, 3.8) is 0 Å². The number of carbonyl (C=O) groups excluding carboxylic acids is 1. The number of amidine groups is 1. The lowest BCUT2D eigenvalue weighted by molar-refractivity contribution is -0.115. The van der Waals surface area contributed by atoms with Gasteiger partial charge in [0.25, 0.3) is 5.91 Å². The molecule has 1 N–H and O–H groups in total. The highest BCUT2D eigenvalue weighted by Crippen LogP contribution is 2.30. The summed E-state index contributed by atoms with van der Waals surface area (Å²) < 4.78 is 2.03. The molecule has 0 spiro atoms.